The standard InChI is InChI=1S/C14H16N2O4/c1-20-13(18)9-16-8-12(17)15-11(14(16)19)7-10-5-3-2-4-6-10/h2-6,11H,7-9H2,1H3,(H,15,17). The zero-order valence-corrected chi connectivity index (χ0v) is 11.2. The molecule has 1 saturated heterocycles. The second-order valence-electron chi connectivity index (χ2n) is 4.58. The van der Waals surface area contributed by atoms with Crippen molar-refractivity contribution in [2.45, 2.75) is 12.5 Å². The number of ether oxygens (including phenoxy) is 1. The quantitative estimate of drug-likeness (QED) is 0.768. The van der Waals surface area contributed by atoms with E-state index >= 15 is 0 Å². The Hall–Kier alpha value is -2.37. The zero-order chi connectivity index (χ0) is 14.5. The number of hydrogen-bond acceptors (Lipinski definition) is 4. The predicted molar refractivity (Wildman–Crippen MR) is 70.7 cm³/mol. The Morgan fingerprint density at radius 2 is 2.05 bits per heavy atom. The highest BCUT2D eigenvalue weighted by molar-refractivity contribution is 5.96. The smallest absolute Gasteiger partial charge is 0.325 e. The number of hydrogen-bond donors (Lipinski definition) is 1. The van der Waals surface area contributed by atoms with Crippen LogP contribution in [0.4, 0.5) is 0 Å². The molecule has 1 aromatic rings. The molecule has 2 amide bonds. The molecule has 1 aromatic carbocycles. The number of nitrogens with zero attached hydrogens (tertiary/aromatic N) is 1. The van der Waals surface area contributed by atoms with Crippen molar-refractivity contribution in [3.8, 4) is 0 Å². The van der Waals surface area contributed by atoms with Crippen LogP contribution in [-0.2, 0) is 25.5 Å². The number of piperazine rings is 1. The third kappa shape index (κ3) is 3.34. The molecule has 1 fully saturated rings. The average Bonchev–Trinajstić information content (AvgIpc) is 2.45. The molecule has 20 heavy (non-hydrogen) atoms. The van der Waals surface area contributed by atoms with Gasteiger partial charge in [0.15, 0.2) is 0 Å². The lowest BCUT2D eigenvalue weighted by atomic mass is 10.0. The minimum absolute atomic E-state index is 0.112. The van der Waals surface area contributed by atoms with Crippen molar-refractivity contribution in [1.82, 2.24) is 10.2 Å². The highest BCUT2D eigenvalue weighted by atomic mass is 16.5. The Morgan fingerprint density at radius 3 is 2.70 bits per heavy atom. The van der Waals surface area contributed by atoms with Crippen LogP contribution in [0.1, 0.15) is 5.56 Å². The van der Waals surface area contributed by atoms with E-state index in [-0.39, 0.29) is 24.9 Å². The number of benzene rings is 1. The number of amides is 2. The van der Waals surface area contributed by atoms with Gasteiger partial charge in [-0.15, -0.1) is 0 Å². The van der Waals surface area contributed by atoms with Crippen molar-refractivity contribution in [3.63, 3.8) is 0 Å². The van der Waals surface area contributed by atoms with E-state index in [2.05, 4.69) is 10.1 Å². The fourth-order valence-corrected chi connectivity index (χ4v) is 2.12. The molecule has 0 bridgehead atoms. The molecule has 1 aliphatic heterocycles. The van der Waals surface area contributed by atoms with Crippen LogP contribution in [-0.4, -0.2) is 48.9 Å². The third-order valence-corrected chi connectivity index (χ3v) is 3.11. The van der Waals surface area contributed by atoms with Gasteiger partial charge in [-0.25, -0.2) is 0 Å². The molecule has 0 aliphatic carbocycles. The van der Waals surface area contributed by atoms with Crippen LogP contribution in [0.2, 0.25) is 0 Å². The topological polar surface area (TPSA) is 75.7 Å². The van der Waals surface area contributed by atoms with E-state index in [9.17, 15) is 14.4 Å². The number of esters is 1. The van der Waals surface area contributed by atoms with E-state index in [1.54, 1.807) is 0 Å². The van der Waals surface area contributed by atoms with Crippen molar-refractivity contribution in [2.24, 2.45) is 0 Å². The van der Waals surface area contributed by atoms with Gasteiger partial charge in [-0.1, -0.05) is 30.3 Å². The average molecular weight is 276 g/mol. The summed E-state index contributed by atoms with van der Waals surface area (Å²) >= 11 is 0. The lowest BCUT2D eigenvalue weighted by Gasteiger charge is -2.31. The molecule has 1 aliphatic rings. The molecule has 1 heterocycles. The molecular formula is C14H16N2O4. The van der Waals surface area contributed by atoms with E-state index in [1.165, 1.54) is 12.0 Å². The molecule has 0 aromatic heterocycles. The van der Waals surface area contributed by atoms with Gasteiger partial charge >= 0.3 is 5.97 Å². The zero-order valence-electron chi connectivity index (χ0n) is 11.2. The number of carbonyl (C=O) groups excluding carboxylic acids is 3. The number of carbonyl (C=O) groups is 3. The van der Waals surface area contributed by atoms with Crippen LogP contribution in [0, 0.1) is 0 Å². The molecule has 1 atom stereocenters. The van der Waals surface area contributed by atoms with E-state index in [0.29, 0.717) is 6.42 Å². The molecule has 0 radical (unpaired) electrons. The first-order chi connectivity index (χ1) is 9.60. The van der Waals surface area contributed by atoms with Gasteiger partial charge in [0, 0.05) is 6.42 Å². The summed E-state index contributed by atoms with van der Waals surface area (Å²) in [5, 5.41) is 2.65. The number of methoxy groups -OCH3 is 1. The molecule has 6 nitrogen and oxygen atoms in total. The minimum Gasteiger partial charge on any atom is -0.468 e. The van der Waals surface area contributed by atoms with Gasteiger partial charge in [-0.2, -0.15) is 0 Å². The lowest BCUT2D eigenvalue weighted by Crippen LogP contribution is -2.59. The summed E-state index contributed by atoms with van der Waals surface area (Å²) in [5.41, 5.74) is 0.950. The van der Waals surface area contributed by atoms with Gasteiger partial charge in [0.1, 0.15) is 19.1 Å². The third-order valence-electron chi connectivity index (χ3n) is 3.11. The van der Waals surface area contributed by atoms with Crippen LogP contribution >= 0.6 is 0 Å². The Kier molecular flexibility index (Phi) is 4.34. The fourth-order valence-electron chi connectivity index (χ4n) is 2.12. The summed E-state index contributed by atoms with van der Waals surface area (Å²) in [4.78, 5) is 36.3. The van der Waals surface area contributed by atoms with Gasteiger partial charge < -0.3 is 15.0 Å². The summed E-state index contributed by atoms with van der Waals surface area (Å²) in [6, 6.07) is 8.77. The predicted octanol–water partition coefficient (Wildman–Crippen LogP) is -0.271. The van der Waals surface area contributed by atoms with Crippen LogP contribution < -0.4 is 5.32 Å². The van der Waals surface area contributed by atoms with Crippen molar-refractivity contribution in [1.29, 1.82) is 0 Å². The summed E-state index contributed by atoms with van der Waals surface area (Å²) < 4.78 is 4.53. The molecule has 1 unspecified atom stereocenters. The fraction of sp³-hybridized carbons (Fsp3) is 0.357. The molecular weight excluding hydrogens is 260 g/mol. The Balaban J connectivity index is 2.07. The van der Waals surface area contributed by atoms with Crippen LogP contribution in [0.25, 0.3) is 0 Å². The molecule has 1 N–H and O–H groups in total. The first-order valence-electron chi connectivity index (χ1n) is 6.29. The van der Waals surface area contributed by atoms with E-state index in [0.717, 1.165) is 5.56 Å². The largest absolute Gasteiger partial charge is 0.468 e. The maximum Gasteiger partial charge on any atom is 0.325 e. The van der Waals surface area contributed by atoms with Gasteiger partial charge in [0.2, 0.25) is 11.8 Å². The Morgan fingerprint density at radius 1 is 1.35 bits per heavy atom. The summed E-state index contributed by atoms with van der Waals surface area (Å²) in [6.45, 7) is -0.312. The second-order valence-corrected chi connectivity index (χ2v) is 4.58. The lowest BCUT2D eigenvalue weighted by molar-refractivity contribution is -0.152. The molecule has 6 heteroatoms. The molecule has 0 spiro atoms. The SMILES string of the molecule is COC(=O)CN1CC(=O)NC(Cc2ccccc2)C1=O. The van der Waals surface area contributed by atoms with Crippen molar-refractivity contribution in [2.75, 3.05) is 20.2 Å². The summed E-state index contributed by atoms with van der Waals surface area (Å²) in [5.74, 6) is -1.07. The maximum atomic E-state index is 12.2. The Bertz CT molecular complexity index is 515. The van der Waals surface area contributed by atoms with Crippen molar-refractivity contribution >= 4 is 17.8 Å². The molecule has 2 rings (SSSR count). The van der Waals surface area contributed by atoms with E-state index in [4.69, 9.17) is 0 Å². The second kappa shape index (κ2) is 6.18. The first-order valence-corrected chi connectivity index (χ1v) is 6.29. The highest BCUT2D eigenvalue weighted by Gasteiger charge is 2.33. The van der Waals surface area contributed by atoms with Crippen LogP contribution in [0.5, 0.6) is 0 Å². The van der Waals surface area contributed by atoms with Gasteiger partial charge in [-0.05, 0) is 5.56 Å². The normalized spacial score (nSPS) is 18.6. The summed E-state index contributed by atoms with van der Waals surface area (Å²) in [7, 11) is 1.25. The van der Waals surface area contributed by atoms with Gasteiger partial charge in [0.25, 0.3) is 0 Å². The Labute approximate surface area is 116 Å². The summed E-state index contributed by atoms with van der Waals surface area (Å²) in [6.07, 6.45) is 0.406. The van der Waals surface area contributed by atoms with Crippen LogP contribution in [0.3, 0.4) is 0 Å². The minimum atomic E-state index is -0.636. The van der Waals surface area contributed by atoms with E-state index in [1.807, 2.05) is 30.3 Å². The molecule has 106 valence electrons. The monoisotopic (exact) mass is 276 g/mol. The van der Waals surface area contributed by atoms with Crippen molar-refractivity contribution < 1.29 is 19.1 Å². The van der Waals surface area contributed by atoms with Gasteiger partial charge in [-0.3, -0.25) is 14.4 Å². The number of rotatable bonds is 4. The van der Waals surface area contributed by atoms with Crippen molar-refractivity contribution in [3.05, 3.63) is 35.9 Å². The number of nitrogens with one attached hydrogen (secondary N) is 1. The molecule has 0 saturated carbocycles. The maximum absolute atomic E-state index is 12.2. The van der Waals surface area contributed by atoms with Crippen LogP contribution in [0.15, 0.2) is 30.3 Å². The van der Waals surface area contributed by atoms with Gasteiger partial charge in [0.05, 0.1) is 7.11 Å². The van der Waals surface area contributed by atoms with E-state index < -0.39 is 12.0 Å². The highest BCUT2D eigenvalue weighted by Crippen LogP contribution is 2.09. The first kappa shape index (κ1) is 14.0.